The van der Waals surface area contributed by atoms with Crippen LogP contribution in [0.1, 0.15) is 18.4 Å². The molecule has 2 fully saturated rings. The number of rotatable bonds is 1. The van der Waals surface area contributed by atoms with Crippen molar-refractivity contribution in [2.75, 3.05) is 25.4 Å². The number of nitrogens with two attached hydrogens (primary N) is 1. The van der Waals surface area contributed by atoms with Gasteiger partial charge in [0.2, 0.25) is 0 Å². The van der Waals surface area contributed by atoms with Gasteiger partial charge < -0.3 is 15.7 Å². The molecule has 2 aliphatic rings. The molecule has 1 aromatic rings. The summed E-state index contributed by atoms with van der Waals surface area (Å²) in [7, 11) is 0. The van der Waals surface area contributed by atoms with Gasteiger partial charge in [-0.3, -0.25) is 0 Å². The molecule has 0 radical (unpaired) electrons. The number of anilines is 1. The van der Waals surface area contributed by atoms with Crippen LogP contribution < -0.4 is 5.73 Å². The second kappa shape index (κ2) is 3.43. The summed E-state index contributed by atoms with van der Waals surface area (Å²) in [6.07, 6.45) is 3.50. The normalized spacial score (nSPS) is 37.6. The lowest BCUT2D eigenvalue weighted by molar-refractivity contribution is -0.0497. The van der Waals surface area contributed by atoms with Crippen molar-refractivity contribution in [1.82, 2.24) is 9.88 Å². The van der Waals surface area contributed by atoms with Gasteiger partial charge in [0.05, 0.1) is 5.60 Å². The number of hydrogen-bond donors (Lipinski definition) is 2. The zero-order valence-electron chi connectivity index (χ0n) is 9.26. The summed E-state index contributed by atoms with van der Waals surface area (Å²) in [5, 5.41) is 10.9. The second-order valence-electron chi connectivity index (χ2n) is 4.90. The monoisotopic (exact) mass is 219 g/mol. The number of piperidine rings is 1. The van der Waals surface area contributed by atoms with Crippen molar-refractivity contribution in [3.63, 3.8) is 0 Å². The van der Waals surface area contributed by atoms with Crippen molar-refractivity contribution in [1.29, 1.82) is 0 Å². The number of nitrogens with zero attached hydrogens (tertiary/aromatic N) is 2. The highest BCUT2D eigenvalue weighted by atomic mass is 16.3. The summed E-state index contributed by atoms with van der Waals surface area (Å²) in [6, 6.07) is 3.77. The van der Waals surface area contributed by atoms with E-state index in [2.05, 4.69) is 9.88 Å². The largest absolute Gasteiger partial charge is 0.385 e. The van der Waals surface area contributed by atoms with Gasteiger partial charge >= 0.3 is 0 Å². The smallest absolute Gasteiger partial charge is 0.129 e. The van der Waals surface area contributed by atoms with Gasteiger partial charge in [-0.05, 0) is 25.5 Å². The summed E-state index contributed by atoms with van der Waals surface area (Å²) >= 11 is 0. The zero-order chi connectivity index (χ0) is 11.2. The van der Waals surface area contributed by atoms with E-state index in [4.69, 9.17) is 5.73 Å². The third-order valence-electron chi connectivity index (χ3n) is 4.06. The van der Waals surface area contributed by atoms with Gasteiger partial charge in [-0.25, -0.2) is 4.98 Å². The van der Waals surface area contributed by atoms with E-state index in [1.807, 2.05) is 12.1 Å². The SMILES string of the molecule is Nc1ncccc1C1(O)CCN2CCC1C2. The number of aliphatic hydroxyl groups is 1. The van der Waals surface area contributed by atoms with E-state index in [9.17, 15) is 5.11 Å². The van der Waals surface area contributed by atoms with Crippen molar-refractivity contribution in [3.8, 4) is 0 Å². The van der Waals surface area contributed by atoms with Crippen molar-refractivity contribution < 1.29 is 5.11 Å². The molecule has 1 aromatic heterocycles. The van der Waals surface area contributed by atoms with E-state index in [0.717, 1.165) is 38.0 Å². The summed E-state index contributed by atoms with van der Waals surface area (Å²) in [4.78, 5) is 6.49. The molecule has 2 aliphatic heterocycles. The molecule has 0 spiro atoms. The Morgan fingerprint density at radius 3 is 3.19 bits per heavy atom. The molecule has 0 saturated carbocycles. The molecule has 3 atom stereocenters. The predicted molar refractivity (Wildman–Crippen MR) is 61.7 cm³/mol. The topological polar surface area (TPSA) is 62.4 Å². The minimum Gasteiger partial charge on any atom is -0.385 e. The summed E-state index contributed by atoms with van der Waals surface area (Å²) in [6.45, 7) is 3.05. The van der Waals surface area contributed by atoms with Crippen molar-refractivity contribution >= 4 is 5.82 Å². The molecule has 3 unspecified atom stereocenters. The van der Waals surface area contributed by atoms with E-state index in [1.165, 1.54) is 0 Å². The maximum atomic E-state index is 10.9. The molecule has 0 aliphatic carbocycles. The summed E-state index contributed by atoms with van der Waals surface area (Å²) in [5.74, 6) is 0.790. The quantitative estimate of drug-likeness (QED) is 0.725. The lowest BCUT2D eigenvalue weighted by atomic mass is 9.77. The number of aromatic nitrogens is 1. The van der Waals surface area contributed by atoms with Crippen LogP contribution in [0.15, 0.2) is 18.3 Å². The van der Waals surface area contributed by atoms with Crippen LogP contribution >= 0.6 is 0 Å². The summed E-state index contributed by atoms with van der Waals surface area (Å²) in [5.41, 5.74) is 5.94. The lowest BCUT2D eigenvalue weighted by Crippen LogP contribution is -2.44. The van der Waals surface area contributed by atoms with Crippen LogP contribution in [0.5, 0.6) is 0 Å². The fraction of sp³-hybridized carbons (Fsp3) is 0.583. The van der Waals surface area contributed by atoms with Gasteiger partial charge in [0, 0.05) is 30.8 Å². The average molecular weight is 219 g/mol. The predicted octanol–water partition coefficient (Wildman–Crippen LogP) is 0.577. The first-order valence-corrected chi connectivity index (χ1v) is 5.86. The molecule has 4 nitrogen and oxygen atoms in total. The first-order valence-electron chi connectivity index (χ1n) is 5.86. The fourth-order valence-electron chi connectivity index (χ4n) is 3.10. The Kier molecular flexibility index (Phi) is 2.16. The Balaban J connectivity index is 2.01. The van der Waals surface area contributed by atoms with E-state index in [1.54, 1.807) is 6.20 Å². The van der Waals surface area contributed by atoms with Crippen LogP contribution in [0.4, 0.5) is 5.82 Å². The zero-order valence-corrected chi connectivity index (χ0v) is 9.26. The highest BCUT2D eigenvalue weighted by Crippen LogP contribution is 2.43. The summed E-state index contributed by atoms with van der Waals surface area (Å²) < 4.78 is 0. The molecule has 3 rings (SSSR count). The van der Waals surface area contributed by atoms with Crippen LogP contribution in [-0.4, -0.2) is 34.6 Å². The maximum absolute atomic E-state index is 10.9. The molecule has 0 aromatic carbocycles. The highest BCUT2D eigenvalue weighted by Gasteiger charge is 2.46. The molecule has 16 heavy (non-hydrogen) atoms. The third-order valence-corrected chi connectivity index (χ3v) is 4.06. The van der Waals surface area contributed by atoms with Crippen LogP contribution in [0.25, 0.3) is 0 Å². The van der Waals surface area contributed by atoms with Crippen LogP contribution in [0.3, 0.4) is 0 Å². The van der Waals surface area contributed by atoms with Gasteiger partial charge in [0.25, 0.3) is 0 Å². The Morgan fingerprint density at radius 1 is 1.50 bits per heavy atom. The Hall–Kier alpha value is -1.13. The number of nitrogen functional groups attached to an aromatic ring is 1. The van der Waals surface area contributed by atoms with Gasteiger partial charge in [-0.2, -0.15) is 0 Å². The Bertz CT molecular complexity index is 409. The molecule has 3 heterocycles. The number of hydrogen-bond acceptors (Lipinski definition) is 4. The van der Waals surface area contributed by atoms with Crippen LogP contribution in [0.2, 0.25) is 0 Å². The first-order chi connectivity index (χ1) is 7.70. The Morgan fingerprint density at radius 2 is 2.38 bits per heavy atom. The molecule has 2 saturated heterocycles. The molecular formula is C12H17N3O. The fourth-order valence-corrected chi connectivity index (χ4v) is 3.10. The van der Waals surface area contributed by atoms with Crippen LogP contribution in [-0.2, 0) is 5.60 Å². The van der Waals surface area contributed by atoms with Crippen LogP contribution in [0, 0.1) is 5.92 Å². The molecule has 0 amide bonds. The lowest BCUT2D eigenvalue weighted by Gasteiger charge is -2.39. The van der Waals surface area contributed by atoms with Crippen molar-refractivity contribution in [2.45, 2.75) is 18.4 Å². The number of fused-ring (bicyclic) bond motifs is 2. The molecule has 86 valence electrons. The molecule has 2 bridgehead atoms. The minimum atomic E-state index is -0.759. The molecule has 4 heteroatoms. The van der Waals surface area contributed by atoms with Crippen molar-refractivity contribution in [3.05, 3.63) is 23.9 Å². The van der Waals surface area contributed by atoms with E-state index in [-0.39, 0.29) is 0 Å². The minimum absolute atomic E-state index is 0.313. The molecule has 3 N–H and O–H groups in total. The van der Waals surface area contributed by atoms with Gasteiger partial charge in [0.1, 0.15) is 5.82 Å². The van der Waals surface area contributed by atoms with E-state index >= 15 is 0 Å². The maximum Gasteiger partial charge on any atom is 0.129 e. The highest BCUT2D eigenvalue weighted by molar-refractivity contribution is 5.43. The standard InChI is InChI=1S/C12H17N3O/c13-11-10(2-1-5-14-11)12(16)4-7-15-6-3-9(12)8-15/h1-2,5,9,16H,3-4,6-8H2,(H2,13,14). The Labute approximate surface area is 95.1 Å². The second-order valence-corrected chi connectivity index (χ2v) is 4.90. The third kappa shape index (κ3) is 1.33. The first kappa shape index (κ1) is 10.1. The van der Waals surface area contributed by atoms with Crippen molar-refractivity contribution in [2.24, 2.45) is 5.92 Å². The molecular weight excluding hydrogens is 202 g/mol. The van der Waals surface area contributed by atoms with E-state index in [0.29, 0.717) is 11.7 Å². The number of pyridine rings is 1. The van der Waals surface area contributed by atoms with E-state index < -0.39 is 5.60 Å². The average Bonchev–Trinajstić information content (AvgIpc) is 2.70. The van der Waals surface area contributed by atoms with Gasteiger partial charge in [0.15, 0.2) is 0 Å². The van der Waals surface area contributed by atoms with Gasteiger partial charge in [-0.1, -0.05) is 6.07 Å². The van der Waals surface area contributed by atoms with Gasteiger partial charge in [-0.15, -0.1) is 0 Å².